The van der Waals surface area contributed by atoms with E-state index in [-0.39, 0.29) is 0 Å². The zero-order valence-electron chi connectivity index (χ0n) is 11.2. The average Bonchev–Trinajstić information content (AvgIpc) is 2.40. The van der Waals surface area contributed by atoms with Gasteiger partial charge in [0.05, 0.1) is 5.69 Å². The van der Waals surface area contributed by atoms with Gasteiger partial charge in [-0.25, -0.2) is 9.97 Å². The van der Waals surface area contributed by atoms with Crippen molar-refractivity contribution in [3.8, 4) is 11.3 Å². The fourth-order valence-corrected chi connectivity index (χ4v) is 1.92. The Bertz CT molecular complexity index is 521. The highest BCUT2D eigenvalue weighted by Crippen LogP contribution is 2.25. The zero-order valence-corrected chi connectivity index (χ0v) is 11.2. The topological polar surface area (TPSA) is 37.8 Å². The quantitative estimate of drug-likeness (QED) is 0.889. The molecule has 0 saturated carbocycles. The van der Waals surface area contributed by atoms with Gasteiger partial charge in [-0.1, -0.05) is 37.3 Å². The molecule has 0 spiro atoms. The van der Waals surface area contributed by atoms with E-state index < -0.39 is 0 Å². The summed E-state index contributed by atoms with van der Waals surface area (Å²) in [5.41, 5.74) is 3.27. The number of rotatable bonds is 4. The van der Waals surface area contributed by atoms with Gasteiger partial charge in [0.1, 0.15) is 11.6 Å². The SMILES string of the molecule is CCCNc1nc(C)nc(-c2ccccc2)c1C. The molecule has 1 aromatic heterocycles. The number of hydrogen-bond acceptors (Lipinski definition) is 3. The summed E-state index contributed by atoms with van der Waals surface area (Å²) < 4.78 is 0. The third-order valence-corrected chi connectivity index (χ3v) is 2.85. The van der Waals surface area contributed by atoms with Crippen molar-refractivity contribution in [3.63, 3.8) is 0 Å². The Balaban J connectivity index is 2.45. The zero-order chi connectivity index (χ0) is 13.0. The minimum absolute atomic E-state index is 0.804. The maximum absolute atomic E-state index is 4.56. The first-order valence-corrected chi connectivity index (χ1v) is 6.37. The monoisotopic (exact) mass is 241 g/mol. The minimum Gasteiger partial charge on any atom is -0.370 e. The molecular weight excluding hydrogens is 222 g/mol. The van der Waals surface area contributed by atoms with Gasteiger partial charge in [0.25, 0.3) is 0 Å². The summed E-state index contributed by atoms with van der Waals surface area (Å²) in [7, 11) is 0. The van der Waals surface area contributed by atoms with E-state index in [0.717, 1.165) is 41.4 Å². The number of benzene rings is 1. The second kappa shape index (κ2) is 5.63. The lowest BCUT2D eigenvalue weighted by Crippen LogP contribution is -2.07. The van der Waals surface area contributed by atoms with E-state index in [1.807, 2.05) is 25.1 Å². The largest absolute Gasteiger partial charge is 0.370 e. The molecule has 0 radical (unpaired) electrons. The molecule has 0 amide bonds. The lowest BCUT2D eigenvalue weighted by molar-refractivity contribution is 0.948. The highest BCUT2D eigenvalue weighted by molar-refractivity contribution is 5.68. The van der Waals surface area contributed by atoms with E-state index in [1.54, 1.807) is 0 Å². The summed E-state index contributed by atoms with van der Waals surface area (Å²) >= 11 is 0. The first-order chi connectivity index (χ1) is 8.72. The molecule has 0 aliphatic carbocycles. The van der Waals surface area contributed by atoms with Crippen LogP contribution in [0.2, 0.25) is 0 Å². The number of anilines is 1. The molecule has 1 aromatic carbocycles. The number of aryl methyl sites for hydroxylation is 1. The van der Waals surface area contributed by atoms with E-state index in [1.165, 1.54) is 0 Å². The van der Waals surface area contributed by atoms with Crippen molar-refractivity contribution in [2.75, 3.05) is 11.9 Å². The average molecular weight is 241 g/mol. The Labute approximate surface area is 108 Å². The molecule has 1 heterocycles. The first kappa shape index (κ1) is 12.6. The van der Waals surface area contributed by atoms with Crippen molar-refractivity contribution in [3.05, 3.63) is 41.7 Å². The van der Waals surface area contributed by atoms with Gasteiger partial charge in [-0.3, -0.25) is 0 Å². The van der Waals surface area contributed by atoms with Crippen LogP contribution < -0.4 is 5.32 Å². The van der Waals surface area contributed by atoms with E-state index in [2.05, 4.69) is 41.3 Å². The van der Waals surface area contributed by atoms with E-state index in [4.69, 9.17) is 0 Å². The van der Waals surface area contributed by atoms with Gasteiger partial charge in [-0.2, -0.15) is 0 Å². The van der Waals surface area contributed by atoms with Crippen molar-refractivity contribution in [2.45, 2.75) is 27.2 Å². The van der Waals surface area contributed by atoms with Gasteiger partial charge in [0, 0.05) is 17.7 Å². The van der Waals surface area contributed by atoms with Gasteiger partial charge < -0.3 is 5.32 Å². The molecular formula is C15H19N3. The van der Waals surface area contributed by atoms with Crippen molar-refractivity contribution in [1.29, 1.82) is 0 Å². The molecule has 3 nitrogen and oxygen atoms in total. The number of nitrogens with one attached hydrogen (secondary N) is 1. The number of nitrogens with zero attached hydrogens (tertiary/aromatic N) is 2. The molecule has 2 aromatic rings. The summed E-state index contributed by atoms with van der Waals surface area (Å²) in [6, 6.07) is 10.2. The van der Waals surface area contributed by atoms with Crippen LogP contribution in [0.5, 0.6) is 0 Å². The third kappa shape index (κ3) is 2.67. The maximum Gasteiger partial charge on any atom is 0.133 e. The molecule has 18 heavy (non-hydrogen) atoms. The third-order valence-electron chi connectivity index (χ3n) is 2.85. The van der Waals surface area contributed by atoms with Gasteiger partial charge in [-0.05, 0) is 20.3 Å². The predicted molar refractivity (Wildman–Crippen MR) is 75.7 cm³/mol. The second-order valence-electron chi connectivity index (χ2n) is 4.39. The molecule has 0 fully saturated rings. The molecule has 0 aliphatic rings. The van der Waals surface area contributed by atoms with Crippen LogP contribution in [0.4, 0.5) is 5.82 Å². The maximum atomic E-state index is 4.56. The van der Waals surface area contributed by atoms with Crippen LogP contribution in [0.1, 0.15) is 24.7 Å². The number of hydrogen-bond donors (Lipinski definition) is 1. The van der Waals surface area contributed by atoms with Gasteiger partial charge >= 0.3 is 0 Å². The standard InChI is InChI=1S/C15H19N3/c1-4-10-16-15-11(2)14(17-12(3)18-15)13-8-6-5-7-9-13/h5-9H,4,10H2,1-3H3,(H,16,17,18). The molecule has 1 N–H and O–H groups in total. The molecule has 0 saturated heterocycles. The summed E-state index contributed by atoms with van der Waals surface area (Å²) in [5, 5.41) is 3.36. The van der Waals surface area contributed by atoms with Crippen LogP contribution in [0.25, 0.3) is 11.3 Å². The lowest BCUT2D eigenvalue weighted by Gasteiger charge is -2.12. The Hall–Kier alpha value is -1.90. The van der Waals surface area contributed by atoms with Crippen molar-refractivity contribution >= 4 is 5.82 Å². The molecule has 94 valence electrons. The Morgan fingerprint density at radius 2 is 1.78 bits per heavy atom. The van der Waals surface area contributed by atoms with Crippen molar-refractivity contribution in [2.24, 2.45) is 0 Å². The summed E-state index contributed by atoms with van der Waals surface area (Å²) in [6.07, 6.45) is 1.09. The normalized spacial score (nSPS) is 10.4. The molecule has 3 heteroatoms. The van der Waals surface area contributed by atoms with Gasteiger partial charge in [0.15, 0.2) is 0 Å². The van der Waals surface area contributed by atoms with Gasteiger partial charge in [0.2, 0.25) is 0 Å². The van der Waals surface area contributed by atoms with Crippen molar-refractivity contribution < 1.29 is 0 Å². The fourth-order valence-electron chi connectivity index (χ4n) is 1.92. The van der Waals surface area contributed by atoms with Crippen LogP contribution in [0.15, 0.2) is 30.3 Å². The predicted octanol–water partition coefficient (Wildman–Crippen LogP) is 3.58. The van der Waals surface area contributed by atoms with Crippen LogP contribution in [0, 0.1) is 13.8 Å². The van der Waals surface area contributed by atoms with E-state index in [0.29, 0.717) is 0 Å². The summed E-state index contributed by atoms with van der Waals surface area (Å²) in [6.45, 7) is 7.09. The van der Waals surface area contributed by atoms with Crippen molar-refractivity contribution in [1.82, 2.24) is 9.97 Å². The minimum atomic E-state index is 0.804. The van der Waals surface area contributed by atoms with E-state index in [9.17, 15) is 0 Å². The summed E-state index contributed by atoms with van der Waals surface area (Å²) in [4.78, 5) is 9.03. The Morgan fingerprint density at radius 1 is 1.06 bits per heavy atom. The lowest BCUT2D eigenvalue weighted by atomic mass is 10.1. The highest BCUT2D eigenvalue weighted by atomic mass is 15.0. The molecule has 0 atom stereocenters. The van der Waals surface area contributed by atoms with Crippen LogP contribution in [-0.4, -0.2) is 16.5 Å². The number of aromatic nitrogens is 2. The molecule has 0 unspecified atom stereocenters. The van der Waals surface area contributed by atoms with Crippen LogP contribution >= 0.6 is 0 Å². The van der Waals surface area contributed by atoms with Crippen LogP contribution in [-0.2, 0) is 0 Å². The summed E-state index contributed by atoms with van der Waals surface area (Å²) in [5.74, 6) is 1.75. The smallest absolute Gasteiger partial charge is 0.133 e. The first-order valence-electron chi connectivity index (χ1n) is 6.37. The fraction of sp³-hybridized carbons (Fsp3) is 0.333. The Morgan fingerprint density at radius 3 is 2.44 bits per heavy atom. The molecule has 0 bridgehead atoms. The molecule has 0 aliphatic heterocycles. The Kier molecular flexibility index (Phi) is 3.92. The van der Waals surface area contributed by atoms with Crippen LogP contribution in [0.3, 0.4) is 0 Å². The van der Waals surface area contributed by atoms with E-state index >= 15 is 0 Å². The van der Waals surface area contributed by atoms with Gasteiger partial charge in [-0.15, -0.1) is 0 Å². The second-order valence-corrected chi connectivity index (χ2v) is 4.39. The highest BCUT2D eigenvalue weighted by Gasteiger charge is 2.10. The molecule has 2 rings (SSSR count).